The normalized spacial score (nSPS) is 11.5. The molecule has 4 heteroatoms. The molecule has 0 bridgehead atoms. The molecule has 0 heterocycles. The molecule has 0 amide bonds. The SMILES string of the molecule is C/C=C\C=C(\OC(=O)CC)c1cccc(OC(=O)CC)c1. The maximum atomic E-state index is 11.5. The fourth-order valence-electron chi connectivity index (χ4n) is 1.48. The van der Waals surface area contributed by atoms with Gasteiger partial charge in [0, 0.05) is 18.4 Å². The molecule has 0 spiro atoms. The summed E-state index contributed by atoms with van der Waals surface area (Å²) < 4.78 is 10.5. The van der Waals surface area contributed by atoms with Gasteiger partial charge < -0.3 is 9.47 Å². The van der Waals surface area contributed by atoms with E-state index in [9.17, 15) is 9.59 Å². The molecule has 1 aromatic rings. The van der Waals surface area contributed by atoms with Crippen LogP contribution in [-0.4, -0.2) is 11.9 Å². The average Bonchev–Trinajstić information content (AvgIpc) is 2.51. The third-order valence-corrected chi connectivity index (χ3v) is 2.59. The first-order chi connectivity index (χ1) is 10.1. The Kier molecular flexibility index (Phi) is 6.95. The van der Waals surface area contributed by atoms with Gasteiger partial charge in [-0.15, -0.1) is 0 Å². The van der Waals surface area contributed by atoms with Gasteiger partial charge in [0.1, 0.15) is 11.5 Å². The van der Waals surface area contributed by atoms with Crippen LogP contribution in [0.5, 0.6) is 5.75 Å². The van der Waals surface area contributed by atoms with E-state index in [4.69, 9.17) is 9.47 Å². The molecule has 0 N–H and O–H groups in total. The minimum Gasteiger partial charge on any atom is -0.427 e. The molecule has 0 unspecified atom stereocenters. The van der Waals surface area contributed by atoms with Crippen molar-refractivity contribution in [3.8, 4) is 5.75 Å². The molecule has 0 saturated carbocycles. The number of hydrogen-bond donors (Lipinski definition) is 0. The summed E-state index contributed by atoms with van der Waals surface area (Å²) >= 11 is 0. The zero-order valence-electron chi connectivity index (χ0n) is 12.6. The van der Waals surface area contributed by atoms with Crippen LogP contribution in [0.3, 0.4) is 0 Å². The number of carbonyl (C=O) groups excluding carboxylic acids is 2. The Hall–Kier alpha value is -2.36. The van der Waals surface area contributed by atoms with E-state index in [2.05, 4.69) is 0 Å². The lowest BCUT2D eigenvalue weighted by Crippen LogP contribution is -2.06. The van der Waals surface area contributed by atoms with Gasteiger partial charge in [-0.05, 0) is 25.1 Å². The number of ether oxygens (including phenoxy) is 2. The zero-order valence-corrected chi connectivity index (χ0v) is 12.6. The lowest BCUT2D eigenvalue weighted by Gasteiger charge is -2.09. The van der Waals surface area contributed by atoms with Gasteiger partial charge in [0.2, 0.25) is 0 Å². The van der Waals surface area contributed by atoms with Crippen LogP contribution in [-0.2, 0) is 14.3 Å². The van der Waals surface area contributed by atoms with Crippen LogP contribution >= 0.6 is 0 Å². The zero-order chi connectivity index (χ0) is 15.7. The number of benzene rings is 1. The van der Waals surface area contributed by atoms with Crippen molar-refractivity contribution in [1.82, 2.24) is 0 Å². The Bertz CT molecular complexity index is 556. The van der Waals surface area contributed by atoms with E-state index < -0.39 is 0 Å². The van der Waals surface area contributed by atoms with Crippen LogP contribution in [0.1, 0.15) is 39.2 Å². The quantitative estimate of drug-likeness (QED) is 0.345. The third-order valence-electron chi connectivity index (χ3n) is 2.59. The molecular weight excluding hydrogens is 268 g/mol. The Balaban J connectivity index is 3.04. The van der Waals surface area contributed by atoms with Crippen molar-refractivity contribution in [2.75, 3.05) is 0 Å². The highest BCUT2D eigenvalue weighted by molar-refractivity contribution is 5.79. The van der Waals surface area contributed by atoms with Gasteiger partial charge in [0.05, 0.1) is 0 Å². The highest BCUT2D eigenvalue weighted by atomic mass is 16.5. The van der Waals surface area contributed by atoms with E-state index in [-0.39, 0.29) is 18.4 Å². The second kappa shape index (κ2) is 8.74. The molecule has 0 aliphatic rings. The lowest BCUT2D eigenvalue weighted by atomic mass is 10.1. The first-order valence-corrected chi connectivity index (χ1v) is 6.95. The molecule has 0 fully saturated rings. The van der Waals surface area contributed by atoms with Gasteiger partial charge in [-0.2, -0.15) is 0 Å². The molecule has 1 rings (SSSR count). The Morgan fingerprint density at radius 2 is 1.86 bits per heavy atom. The molecule has 0 saturated heterocycles. The van der Waals surface area contributed by atoms with Gasteiger partial charge in [0.25, 0.3) is 0 Å². The summed E-state index contributed by atoms with van der Waals surface area (Å²) in [6.45, 7) is 5.33. The number of esters is 2. The van der Waals surface area contributed by atoms with Crippen LogP contribution < -0.4 is 4.74 Å². The summed E-state index contributed by atoms with van der Waals surface area (Å²) in [5, 5.41) is 0. The van der Waals surface area contributed by atoms with Crippen molar-refractivity contribution >= 4 is 17.7 Å². The minimum absolute atomic E-state index is 0.289. The van der Waals surface area contributed by atoms with Gasteiger partial charge in [-0.3, -0.25) is 9.59 Å². The van der Waals surface area contributed by atoms with Crippen molar-refractivity contribution < 1.29 is 19.1 Å². The smallest absolute Gasteiger partial charge is 0.310 e. The second-order valence-corrected chi connectivity index (χ2v) is 4.24. The molecule has 4 nitrogen and oxygen atoms in total. The molecule has 0 aromatic heterocycles. The maximum absolute atomic E-state index is 11.5. The third kappa shape index (κ3) is 5.65. The van der Waals surface area contributed by atoms with E-state index in [1.807, 2.05) is 13.0 Å². The monoisotopic (exact) mass is 288 g/mol. The van der Waals surface area contributed by atoms with Crippen LogP contribution in [0.25, 0.3) is 5.76 Å². The summed E-state index contributed by atoms with van der Waals surface area (Å²) in [6.07, 6.45) is 5.91. The van der Waals surface area contributed by atoms with E-state index in [1.54, 1.807) is 50.3 Å². The fraction of sp³-hybridized carbons (Fsp3) is 0.294. The second-order valence-electron chi connectivity index (χ2n) is 4.24. The summed E-state index contributed by atoms with van der Waals surface area (Å²) in [6, 6.07) is 6.90. The summed E-state index contributed by atoms with van der Waals surface area (Å²) in [4.78, 5) is 22.8. The predicted octanol–water partition coefficient (Wildman–Crippen LogP) is 3.87. The van der Waals surface area contributed by atoms with Crippen molar-refractivity contribution in [1.29, 1.82) is 0 Å². The Morgan fingerprint density at radius 1 is 1.14 bits per heavy atom. The standard InChI is InChI=1S/C17H20O4/c1-4-7-11-15(21-17(19)6-3)13-9-8-10-14(12-13)20-16(18)5-2/h4,7-12H,5-6H2,1-3H3/b7-4-,15-11+. The Labute approximate surface area is 125 Å². The van der Waals surface area contributed by atoms with E-state index in [0.717, 1.165) is 0 Å². The van der Waals surface area contributed by atoms with Gasteiger partial charge in [0.15, 0.2) is 0 Å². The molecule has 1 aromatic carbocycles. The topological polar surface area (TPSA) is 52.6 Å². The molecule has 0 aliphatic carbocycles. The molecule has 0 radical (unpaired) electrons. The van der Waals surface area contributed by atoms with E-state index in [0.29, 0.717) is 23.5 Å². The van der Waals surface area contributed by atoms with Gasteiger partial charge in [-0.1, -0.05) is 38.1 Å². The van der Waals surface area contributed by atoms with Crippen LogP contribution in [0, 0.1) is 0 Å². The van der Waals surface area contributed by atoms with Gasteiger partial charge in [-0.25, -0.2) is 0 Å². The highest BCUT2D eigenvalue weighted by Crippen LogP contribution is 2.22. The average molecular weight is 288 g/mol. The molecule has 0 atom stereocenters. The number of allylic oxidation sites excluding steroid dienone is 3. The fourth-order valence-corrected chi connectivity index (χ4v) is 1.48. The van der Waals surface area contributed by atoms with Crippen LogP contribution in [0.4, 0.5) is 0 Å². The van der Waals surface area contributed by atoms with Crippen molar-refractivity contribution in [2.45, 2.75) is 33.6 Å². The van der Waals surface area contributed by atoms with Crippen molar-refractivity contribution in [3.05, 3.63) is 48.1 Å². The number of hydrogen-bond acceptors (Lipinski definition) is 4. The van der Waals surface area contributed by atoms with Crippen molar-refractivity contribution in [2.24, 2.45) is 0 Å². The minimum atomic E-state index is -0.318. The van der Waals surface area contributed by atoms with Crippen LogP contribution in [0.2, 0.25) is 0 Å². The largest absolute Gasteiger partial charge is 0.427 e. The number of carbonyl (C=O) groups is 2. The van der Waals surface area contributed by atoms with Crippen molar-refractivity contribution in [3.63, 3.8) is 0 Å². The molecule has 112 valence electrons. The van der Waals surface area contributed by atoms with Crippen LogP contribution in [0.15, 0.2) is 42.5 Å². The summed E-state index contributed by atoms with van der Waals surface area (Å²) in [5.74, 6) is 0.228. The van der Waals surface area contributed by atoms with E-state index in [1.165, 1.54) is 0 Å². The highest BCUT2D eigenvalue weighted by Gasteiger charge is 2.09. The molecule has 21 heavy (non-hydrogen) atoms. The first kappa shape index (κ1) is 16.7. The van der Waals surface area contributed by atoms with Gasteiger partial charge >= 0.3 is 11.9 Å². The Morgan fingerprint density at radius 3 is 2.48 bits per heavy atom. The molecule has 0 aliphatic heterocycles. The van der Waals surface area contributed by atoms with E-state index >= 15 is 0 Å². The summed E-state index contributed by atoms with van der Waals surface area (Å²) in [5.41, 5.74) is 0.677. The molecular formula is C17H20O4. The summed E-state index contributed by atoms with van der Waals surface area (Å²) in [7, 11) is 0. The predicted molar refractivity (Wildman–Crippen MR) is 81.5 cm³/mol. The lowest BCUT2D eigenvalue weighted by molar-refractivity contribution is -0.136. The maximum Gasteiger partial charge on any atom is 0.310 e. The first-order valence-electron chi connectivity index (χ1n) is 6.95. The number of rotatable bonds is 6.